The maximum atomic E-state index is 11.4. The summed E-state index contributed by atoms with van der Waals surface area (Å²) in [6, 6.07) is 6.39. The van der Waals surface area contributed by atoms with E-state index in [-0.39, 0.29) is 17.9 Å². The van der Waals surface area contributed by atoms with E-state index in [1.54, 1.807) is 19.2 Å². The molecule has 1 aromatic rings. The summed E-state index contributed by atoms with van der Waals surface area (Å²) in [6.07, 6.45) is 5.12. The molecular formula is C13H13NO3. The SMILES string of the molecule is C#CCC(=O)N(C)Cc1ccc(C(=O)O)cc1. The van der Waals surface area contributed by atoms with Gasteiger partial charge in [0, 0.05) is 13.6 Å². The number of carboxylic acids is 1. The van der Waals surface area contributed by atoms with Crippen LogP contribution in [0, 0.1) is 12.3 Å². The number of hydrogen-bond donors (Lipinski definition) is 1. The molecule has 1 N–H and O–H groups in total. The molecule has 4 heteroatoms. The molecule has 0 aliphatic rings. The van der Waals surface area contributed by atoms with Crippen molar-refractivity contribution in [2.75, 3.05) is 7.05 Å². The highest BCUT2D eigenvalue weighted by Gasteiger charge is 2.08. The van der Waals surface area contributed by atoms with Crippen LogP contribution in [0.4, 0.5) is 0 Å². The first-order valence-corrected chi connectivity index (χ1v) is 5.04. The highest BCUT2D eigenvalue weighted by atomic mass is 16.4. The summed E-state index contributed by atoms with van der Waals surface area (Å²) in [5, 5.41) is 8.73. The topological polar surface area (TPSA) is 57.6 Å². The fourth-order valence-electron chi connectivity index (χ4n) is 1.34. The van der Waals surface area contributed by atoms with Gasteiger partial charge in [-0.15, -0.1) is 6.42 Å². The Kier molecular flexibility index (Phi) is 4.29. The average molecular weight is 231 g/mol. The minimum atomic E-state index is -0.965. The monoisotopic (exact) mass is 231 g/mol. The number of aromatic carboxylic acids is 1. The van der Waals surface area contributed by atoms with Crippen LogP contribution in [0.25, 0.3) is 0 Å². The van der Waals surface area contributed by atoms with E-state index in [9.17, 15) is 9.59 Å². The lowest BCUT2D eigenvalue weighted by Gasteiger charge is -2.15. The number of hydrogen-bond acceptors (Lipinski definition) is 2. The molecule has 88 valence electrons. The molecule has 0 atom stereocenters. The number of carbonyl (C=O) groups excluding carboxylic acids is 1. The quantitative estimate of drug-likeness (QED) is 0.796. The Morgan fingerprint density at radius 2 is 1.94 bits per heavy atom. The van der Waals surface area contributed by atoms with Crippen LogP contribution < -0.4 is 0 Å². The van der Waals surface area contributed by atoms with Gasteiger partial charge in [0.25, 0.3) is 0 Å². The van der Waals surface area contributed by atoms with Gasteiger partial charge in [-0.05, 0) is 17.7 Å². The van der Waals surface area contributed by atoms with Crippen LogP contribution in [-0.2, 0) is 11.3 Å². The van der Waals surface area contributed by atoms with Crippen molar-refractivity contribution < 1.29 is 14.7 Å². The number of carboxylic acid groups (broad SMARTS) is 1. The van der Waals surface area contributed by atoms with E-state index in [0.29, 0.717) is 6.54 Å². The molecule has 0 heterocycles. The molecule has 0 radical (unpaired) electrons. The second kappa shape index (κ2) is 5.71. The van der Waals surface area contributed by atoms with E-state index in [1.807, 2.05) is 0 Å². The minimum Gasteiger partial charge on any atom is -0.478 e. The summed E-state index contributed by atoms with van der Waals surface area (Å²) in [5.41, 5.74) is 1.09. The summed E-state index contributed by atoms with van der Waals surface area (Å²) in [6.45, 7) is 0.417. The summed E-state index contributed by atoms with van der Waals surface area (Å²) in [4.78, 5) is 23.6. The van der Waals surface area contributed by atoms with Gasteiger partial charge < -0.3 is 10.0 Å². The van der Waals surface area contributed by atoms with Crippen LogP contribution in [0.3, 0.4) is 0 Å². The molecular weight excluding hydrogens is 218 g/mol. The predicted molar refractivity (Wildman–Crippen MR) is 63.3 cm³/mol. The average Bonchev–Trinajstić information content (AvgIpc) is 2.30. The molecule has 0 unspecified atom stereocenters. The van der Waals surface area contributed by atoms with Crippen LogP contribution >= 0.6 is 0 Å². The molecule has 0 aliphatic heterocycles. The van der Waals surface area contributed by atoms with Gasteiger partial charge >= 0.3 is 5.97 Å². The van der Waals surface area contributed by atoms with Crippen molar-refractivity contribution in [1.29, 1.82) is 0 Å². The van der Waals surface area contributed by atoms with Crippen LogP contribution in [0.5, 0.6) is 0 Å². The summed E-state index contributed by atoms with van der Waals surface area (Å²) >= 11 is 0. The summed E-state index contributed by atoms with van der Waals surface area (Å²) in [7, 11) is 1.66. The molecule has 17 heavy (non-hydrogen) atoms. The van der Waals surface area contributed by atoms with Gasteiger partial charge in [-0.1, -0.05) is 18.1 Å². The zero-order chi connectivity index (χ0) is 12.8. The van der Waals surface area contributed by atoms with Gasteiger partial charge in [-0.3, -0.25) is 4.79 Å². The Balaban J connectivity index is 2.67. The lowest BCUT2D eigenvalue weighted by molar-refractivity contribution is -0.129. The fraction of sp³-hybridized carbons (Fsp3) is 0.231. The van der Waals surface area contributed by atoms with Crippen LogP contribution in [0.15, 0.2) is 24.3 Å². The molecule has 1 rings (SSSR count). The number of rotatable bonds is 4. The van der Waals surface area contributed by atoms with Crippen molar-refractivity contribution in [3.8, 4) is 12.3 Å². The number of carbonyl (C=O) groups is 2. The third-order valence-electron chi connectivity index (χ3n) is 2.30. The maximum absolute atomic E-state index is 11.4. The maximum Gasteiger partial charge on any atom is 0.335 e. The molecule has 0 saturated carbocycles. The highest BCUT2D eigenvalue weighted by Crippen LogP contribution is 2.07. The van der Waals surface area contributed by atoms with E-state index in [0.717, 1.165) is 5.56 Å². The van der Waals surface area contributed by atoms with Crippen LogP contribution in [-0.4, -0.2) is 28.9 Å². The molecule has 1 amide bonds. The minimum absolute atomic E-state index is 0.0731. The second-order valence-corrected chi connectivity index (χ2v) is 3.63. The van der Waals surface area contributed by atoms with Crippen molar-refractivity contribution >= 4 is 11.9 Å². The van der Waals surface area contributed by atoms with Crippen molar-refractivity contribution in [1.82, 2.24) is 4.90 Å². The molecule has 1 aromatic carbocycles. The largest absolute Gasteiger partial charge is 0.478 e. The van der Waals surface area contributed by atoms with E-state index >= 15 is 0 Å². The standard InChI is InChI=1S/C13H13NO3/c1-3-4-12(15)14(2)9-10-5-7-11(8-6-10)13(16)17/h1,5-8H,4,9H2,2H3,(H,16,17). The first-order chi connectivity index (χ1) is 8.04. The van der Waals surface area contributed by atoms with Gasteiger partial charge in [-0.2, -0.15) is 0 Å². The fourth-order valence-corrected chi connectivity index (χ4v) is 1.34. The Labute approximate surface area is 99.9 Å². The summed E-state index contributed by atoms with van der Waals surface area (Å²) < 4.78 is 0. The van der Waals surface area contributed by atoms with Crippen molar-refractivity contribution in [3.63, 3.8) is 0 Å². The molecule has 4 nitrogen and oxygen atoms in total. The van der Waals surface area contributed by atoms with Gasteiger partial charge in [0.2, 0.25) is 5.91 Å². The Bertz CT molecular complexity index is 457. The zero-order valence-electron chi connectivity index (χ0n) is 9.51. The van der Waals surface area contributed by atoms with Gasteiger partial charge in [0.1, 0.15) is 0 Å². The second-order valence-electron chi connectivity index (χ2n) is 3.63. The highest BCUT2D eigenvalue weighted by molar-refractivity contribution is 5.87. The number of benzene rings is 1. The predicted octanol–water partition coefficient (Wildman–Crippen LogP) is 1.37. The number of amides is 1. The first kappa shape index (κ1) is 12.8. The van der Waals surface area contributed by atoms with E-state index in [1.165, 1.54) is 17.0 Å². The van der Waals surface area contributed by atoms with Crippen LogP contribution in [0.2, 0.25) is 0 Å². The number of nitrogens with zero attached hydrogens (tertiary/aromatic N) is 1. The lowest BCUT2D eigenvalue weighted by atomic mass is 10.1. The molecule has 0 fully saturated rings. The third kappa shape index (κ3) is 3.65. The molecule has 0 saturated heterocycles. The number of terminal acetylenes is 1. The molecule has 0 aromatic heterocycles. The van der Waals surface area contributed by atoms with Crippen molar-refractivity contribution in [3.05, 3.63) is 35.4 Å². The van der Waals surface area contributed by atoms with E-state index in [4.69, 9.17) is 11.5 Å². The zero-order valence-corrected chi connectivity index (χ0v) is 9.51. The van der Waals surface area contributed by atoms with Crippen LogP contribution in [0.1, 0.15) is 22.3 Å². The normalized spacial score (nSPS) is 9.41. The summed E-state index contributed by atoms with van der Waals surface area (Å²) in [5.74, 6) is 1.19. The molecule has 0 aliphatic carbocycles. The van der Waals surface area contributed by atoms with Crippen molar-refractivity contribution in [2.24, 2.45) is 0 Å². The van der Waals surface area contributed by atoms with Gasteiger partial charge in [0.05, 0.1) is 12.0 Å². The third-order valence-corrected chi connectivity index (χ3v) is 2.30. The molecule has 0 spiro atoms. The lowest BCUT2D eigenvalue weighted by Crippen LogP contribution is -2.25. The van der Waals surface area contributed by atoms with E-state index in [2.05, 4.69) is 5.92 Å². The smallest absolute Gasteiger partial charge is 0.335 e. The first-order valence-electron chi connectivity index (χ1n) is 5.04. The van der Waals surface area contributed by atoms with Gasteiger partial charge in [0.15, 0.2) is 0 Å². The Morgan fingerprint density at radius 1 is 1.35 bits per heavy atom. The van der Waals surface area contributed by atoms with Crippen molar-refractivity contribution in [2.45, 2.75) is 13.0 Å². The molecule has 0 bridgehead atoms. The Hall–Kier alpha value is -2.28. The van der Waals surface area contributed by atoms with E-state index < -0.39 is 5.97 Å². The van der Waals surface area contributed by atoms with Gasteiger partial charge in [-0.25, -0.2) is 4.79 Å². The Morgan fingerprint density at radius 3 is 2.41 bits per heavy atom.